The highest BCUT2D eigenvalue weighted by Gasteiger charge is 2.13. The van der Waals surface area contributed by atoms with Crippen LogP contribution in [0.5, 0.6) is 0 Å². The Morgan fingerprint density at radius 1 is 1.21 bits per heavy atom. The summed E-state index contributed by atoms with van der Waals surface area (Å²) in [6.45, 7) is 0.226. The van der Waals surface area contributed by atoms with Crippen LogP contribution in [0.3, 0.4) is 0 Å². The molecule has 0 unspecified atom stereocenters. The van der Waals surface area contributed by atoms with Crippen LogP contribution < -0.4 is 9.70 Å². The molecular weight excluding hydrogens is 394 g/mol. The van der Waals surface area contributed by atoms with Gasteiger partial charge in [0.1, 0.15) is 0 Å². The highest BCUT2D eigenvalue weighted by Crippen LogP contribution is 2.22. The Morgan fingerprint density at radius 3 is 2.46 bits per heavy atom. The number of amides is 1. The first kappa shape index (κ1) is 19.9. The van der Waals surface area contributed by atoms with Gasteiger partial charge in [-0.15, -0.1) is 6.42 Å². The summed E-state index contributed by atoms with van der Waals surface area (Å²) in [6.07, 6.45) is 6.63. The normalized spacial score (nSPS) is 12.1. The van der Waals surface area contributed by atoms with Crippen LogP contribution in [0.2, 0.25) is 0 Å². The van der Waals surface area contributed by atoms with Crippen molar-refractivity contribution in [3.8, 4) is 12.3 Å². The summed E-state index contributed by atoms with van der Waals surface area (Å²) >= 11 is 1.23. The maximum absolute atomic E-state index is 12.6. The molecule has 2 aromatic carbocycles. The van der Waals surface area contributed by atoms with Crippen LogP contribution in [0.4, 0.5) is 5.69 Å². The quantitative estimate of drug-likeness (QED) is 0.617. The van der Waals surface area contributed by atoms with Crippen molar-refractivity contribution >= 4 is 43.0 Å². The predicted octanol–water partition coefficient (Wildman–Crippen LogP) is 2.55. The average molecular weight is 414 g/mol. The van der Waals surface area contributed by atoms with Crippen LogP contribution in [-0.2, 0) is 16.4 Å². The highest BCUT2D eigenvalue weighted by atomic mass is 32.2. The van der Waals surface area contributed by atoms with Gasteiger partial charge in [0.05, 0.1) is 21.7 Å². The van der Waals surface area contributed by atoms with Gasteiger partial charge in [-0.25, -0.2) is 8.42 Å². The van der Waals surface area contributed by atoms with Crippen molar-refractivity contribution in [1.82, 2.24) is 4.57 Å². The number of benzene rings is 2. The lowest BCUT2D eigenvalue weighted by Gasteiger charge is -2.11. The monoisotopic (exact) mass is 413 g/mol. The van der Waals surface area contributed by atoms with Crippen molar-refractivity contribution in [1.29, 1.82) is 0 Å². The minimum absolute atomic E-state index is 0.214. The van der Waals surface area contributed by atoms with E-state index in [9.17, 15) is 13.2 Å². The molecule has 0 N–H and O–H groups in total. The summed E-state index contributed by atoms with van der Waals surface area (Å²) in [7, 11) is 0.513. The van der Waals surface area contributed by atoms with Gasteiger partial charge in [0.15, 0.2) is 14.6 Å². The molecule has 28 heavy (non-hydrogen) atoms. The molecule has 0 aliphatic rings. The SMILES string of the molecule is C#CCn1c(=NC(=O)c2ccc(N(C)C)cc2)sc2cc(S(C)(=O)=O)ccc21. The van der Waals surface area contributed by atoms with E-state index < -0.39 is 9.84 Å². The van der Waals surface area contributed by atoms with E-state index in [0.29, 0.717) is 15.1 Å². The summed E-state index contributed by atoms with van der Waals surface area (Å²) in [6, 6.07) is 11.9. The number of carbonyl (C=O) groups excluding carboxylic acids is 1. The van der Waals surface area contributed by atoms with Gasteiger partial charge in [0.25, 0.3) is 5.91 Å². The molecule has 1 amide bonds. The maximum Gasteiger partial charge on any atom is 0.279 e. The number of thiazole rings is 1. The summed E-state index contributed by atoms with van der Waals surface area (Å²) in [4.78, 5) is 19.4. The fourth-order valence-corrected chi connectivity index (χ4v) is 4.46. The smallest absolute Gasteiger partial charge is 0.279 e. The standard InChI is InChI=1S/C20H19N3O3S2/c1-5-12-23-17-11-10-16(28(4,25)26)13-18(17)27-20(23)21-19(24)14-6-8-15(9-7-14)22(2)3/h1,6-11,13H,12H2,2-4H3. The molecule has 3 rings (SSSR count). The molecular formula is C20H19N3O3S2. The van der Waals surface area contributed by atoms with Crippen molar-refractivity contribution in [3.63, 3.8) is 0 Å². The van der Waals surface area contributed by atoms with E-state index in [1.165, 1.54) is 17.4 Å². The average Bonchev–Trinajstić information content (AvgIpc) is 2.98. The van der Waals surface area contributed by atoms with Crippen LogP contribution in [0.15, 0.2) is 52.4 Å². The van der Waals surface area contributed by atoms with Gasteiger partial charge in [0.2, 0.25) is 0 Å². The molecule has 0 saturated heterocycles. The second-order valence-electron chi connectivity index (χ2n) is 6.43. The third-order valence-electron chi connectivity index (χ3n) is 4.16. The zero-order valence-electron chi connectivity index (χ0n) is 15.7. The Balaban J connectivity index is 2.11. The first-order chi connectivity index (χ1) is 13.2. The zero-order valence-corrected chi connectivity index (χ0v) is 17.3. The first-order valence-corrected chi connectivity index (χ1v) is 11.0. The predicted molar refractivity (Wildman–Crippen MR) is 112 cm³/mol. The number of anilines is 1. The molecule has 6 nitrogen and oxygen atoms in total. The molecule has 8 heteroatoms. The van der Waals surface area contributed by atoms with Crippen LogP contribution in [0, 0.1) is 12.3 Å². The molecule has 0 bridgehead atoms. The van der Waals surface area contributed by atoms with E-state index >= 15 is 0 Å². The third kappa shape index (κ3) is 4.01. The number of hydrogen-bond donors (Lipinski definition) is 0. The summed E-state index contributed by atoms with van der Waals surface area (Å²) in [5.41, 5.74) is 2.19. The molecule has 0 aliphatic carbocycles. The molecule has 1 heterocycles. The summed E-state index contributed by atoms with van der Waals surface area (Å²) in [5, 5.41) is 0. The first-order valence-electron chi connectivity index (χ1n) is 8.34. The lowest BCUT2D eigenvalue weighted by molar-refractivity contribution is 0.0998. The van der Waals surface area contributed by atoms with Crippen LogP contribution in [0.1, 0.15) is 10.4 Å². The Labute approximate surface area is 167 Å². The molecule has 0 fully saturated rings. The van der Waals surface area contributed by atoms with E-state index in [2.05, 4.69) is 10.9 Å². The molecule has 144 valence electrons. The fraction of sp³-hybridized carbons (Fsp3) is 0.200. The summed E-state index contributed by atoms with van der Waals surface area (Å²) < 4.78 is 26.1. The molecule has 0 spiro atoms. The van der Waals surface area contributed by atoms with Gasteiger partial charge in [-0.1, -0.05) is 17.3 Å². The van der Waals surface area contributed by atoms with E-state index in [1.807, 2.05) is 31.1 Å². The number of rotatable bonds is 4. The van der Waals surface area contributed by atoms with E-state index in [0.717, 1.165) is 17.5 Å². The van der Waals surface area contributed by atoms with Crippen molar-refractivity contribution in [2.45, 2.75) is 11.4 Å². The van der Waals surface area contributed by atoms with Crippen molar-refractivity contribution in [3.05, 3.63) is 52.8 Å². The van der Waals surface area contributed by atoms with Crippen molar-refractivity contribution in [2.75, 3.05) is 25.3 Å². The lowest BCUT2D eigenvalue weighted by atomic mass is 10.2. The van der Waals surface area contributed by atoms with Crippen molar-refractivity contribution < 1.29 is 13.2 Å². The largest absolute Gasteiger partial charge is 0.378 e. The Morgan fingerprint density at radius 2 is 1.89 bits per heavy atom. The number of sulfone groups is 1. The second-order valence-corrected chi connectivity index (χ2v) is 9.46. The minimum Gasteiger partial charge on any atom is -0.378 e. The molecule has 0 radical (unpaired) electrons. The van der Waals surface area contributed by atoms with Crippen LogP contribution in [0.25, 0.3) is 10.2 Å². The Kier molecular flexibility index (Phi) is 5.40. The molecule has 3 aromatic rings. The van der Waals surface area contributed by atoms with E-state index in [-0.39, 0.29) is 17.3 Å². The number of aromatic nitrogens is 1. The molecule has 0 atom stereocenters. The maximum atomic E-state index is 12.6. The zero-order chi connectivity index (χ0) is 20.5. The number of nitrogens with zero attached hydrogens (tertiary/aromatic N) is 3. The summed E-state index contributed by atoms with van der Waals surface area (Å²) in [5.74, 6) is 2.17. The topological polar surface area (TPSA) is 71.7 Å². The molecule has 0 saturated carbocycles. The minimum atomic E-state index is -3.33. The molecule has 1 aromatic heterocycles. The highest BCUT2D eigenvalue weighted by molar-refractivity contribution is 7.90. The third-order valence-corrected chi connectivity index (χ3v) is 6.31. The Hall–Kier alpha value is -2.89. The lowest BCUT2D eigenvalue weighted by Crippen LogP contribution is -2.16. The molecule has 0 aliphatic heterocycles. The number of terminal acetylenes is 1. The van der Waals surface area contributed by atoms with Crippen LogP contribution in [-0.4, -0.2) is 39.2 Å². The van der Waals surface area contributed by atoms with Gasteiger partial charge in [-0.05, 0) is 42.5 Å². The Bertz CT molecular complexity index is 1260. The van der Waals surface area contributed by atoms with Gasteiger partial charge >= 0.3 is 0 Å². The van der Waals surface area contributed by atoms with E-state index in [4.69, 9.17) is 6.42 Å². The van der Waals surface area contributed by atoms with Crippen molar-refractivity contribution in [2.24, 2.45) is 4.99 Å². The second kappa shape index (κ2) is 7.62. The van der Waals surface area contributed by atoms with Crippen LogP contribution >= 0.6 is 11.3 Å². The van der Waals surface area contributed by atoms with Gasteiger partial charge in [0, 0.05) is 31.6 Å². The number of carbonyl (C=O) groups is 1. The fourth-order valence-electron chi connectivity index (χ4n) is 2.67. The number of fused-ring (bicyclic) bond motifs is 1. The van der Waals surface area contributed by atoms with Gasteiger partial charge in [-0.3, -0.25) is 4.79 Å². The van der Waals surface area contributed by atoms with E-state index in [1.54, 1.807) is 28.8 Å². The van der Waals surface area contributed by atoms with Gasteiger partial charge in [-0.2, -0.15) is 4.99 Å². The number of hydrogen-bond acceptors (Lipinski definition) is 5. The van der Waals surface area contributed by atoms with Gasteiger partial charge < -0.3 is 9.47 Å².